The van der Waals surface area contributed by atoms with Crippen LogP contribution in [0.25, 0.3) is 11.4 Å². The van der Waals surface area contributed by atoms with Crippen LogP contribution in [0.1, 0.15) is 29.5 Å². The molecule has 3 aromatic rings. The quantitative estimate of drug-likeness (QED) is 0.529. The van der Waals surface area contributed by atoms with E-state index >= 15 is 0 Å². The number of fused-ring (bicyclic) bond motifs is 4. The number of nitrogens with one attached hydrogen (secondary N) is 2. The lowest BCUT2D eigenvalue weighted by molar-refractivity contribution is 0.0570. The van der Waals surface area contributed by atoms with Gasteiger partial charge in [-0.05, 0) is 37.1 Å². The van der Waals surface area contributed by atoms with Gasteiger partial charge >= 0.3 is 12.0 Å². The van der Waals surface area contributed by atoms with Gasteiger partial charge in [-0.2, -0.15) is 4.98 Å². The van der Waals surface area contributed by atoms with E-state index in [9.17, 15) is 14.3 Å². The summed E-state index contributed by atoms with van der Waals surface area (Å²) in [4.78, 5) is 24.5. The average molecular weight is 473 g/mol. The van der Waals surface area contributed by atoms with E-state index in [1.165, 1.54) is 23.5 Å². The van der Waals surface area contributed by atoms with Crippen molar-refractivity contribution in [1.29, 1.82) is 0 Å². The summed E-state index contributed by atoms with van der Waals surface area (Å²) in [5.41, 5.74) is 1.60. The Bertz CT molecular complexity index is 1180. The van der Waals surface area contributed by atoms with E-state index in [1.807, 2.05) is 0 Å². The van der Waals surface area contributed by atoms with Crippen molar-refractivity contribution in [2.75, 3.05) is 23.4 Å². The number of morpholine rings is 1. The molecule has 2 bridgehead atoms. The molecule has 0 radical (unpaired) electrons. The van der Waals surface area contributed by atoms with E-state index in [1.54, 1.807) is 12.1 Å². The zero-order chi connectivity index (χ0) is 22.5. The standard InChI is InChI=1S/C21H21FN6O4S/c22-11-3-1-10(2-4-11)18-25-21(32-27-18)28-13-7-15-17(16(28)9-31-8-13)33-20(24-15)26-19(30)23-12-5-14(29)6-12/h1-4,12-14,16,29H,5-9H2,(H2,23,24,26,30)/t12?,13-,14?,16-/m0/s1. The molecule has 12 heteroatoms. The first-order valence-electron chi connectivity index (χ1n) is 10.7. The number of urea groups is 1. The monoisotopic (exact) mass is 472 g/mol. The lowest BCUT2D eigenvalue weighted by atomic mass is 9.90. The van der Waals surface area contributed by atoms with Gasteiger partial charge in [0, 0.05) is 18.0 Å². The van der Waals surface area contributed by atoms with Crippen LogP contribution < -0.4 is 15.5 Å². The van der Waals surface area contributed by atoms with Crippen molar-refractivity contribution in [3.63, 3.8) is 0 Å². The normalized spacial score (nSPS) is 25.8. The second-order valence-electron chi connectivity index (χ2n) is 8.48. The maximum atomic E-state index is 13.2. The summed E-state index contributed by atoms with van der Waals surface area (Å²) in [6.45, 7) is 0.931. The summed E-state index contributed by atoms with van der Waals surface area (Å²) in [7, 11) is 0. The third kappa shape index (κ3) is 3.83. The number of carbonyl (C=O) groups is 1. The van der Waals surface area contributed by atoms with E-state index < -0.39 is 0 Å². The van der Waals surface area contributed by atoms with Crippen LogP contribution in [-0.2, 0) is 11.2 Å². The molecule has 3 aliphatic rings. The van der Waals surface area contributed by atoms with Crippen molar-refractivity contribution in [2.24, 2.45) is 0 Å². The van der Waals surface area contributed by atoms with Crippen LogP contribution in [0.3, 0.4) is 0 Å². The highest BCUT2D eigenvalue weighted by Gasteiger charge is 2.43. The molecule has 172 valence electrons. The van der Waals surface area contributed by atoms with Gasteiger partial charge in [-0.25, -0.2) is 14.2 Å². The van der Waals surface area contributed by atoms with E-state index in [2.05, 4.69) is 30.7 Å². The van der Waals surface area contributed by atoms with Crippen LogP contribution in [0.2, 0.25) is 0 Å². The fraction of sp³-hybridized carbons (Fsp3) is 0.429. The number of benzene rings is 1. The van der Waals surface area contributed by atoms with Crippen molar-refractivity contribution in [3.05, 3.63) is 40.7 Å². The molecular formula is C21H21FN6O4S. The van der Waals surface area contributed by atoms with Gasteiger partial charge < -0.3 is 24.6 Å². The highest BCUT2D eigenvalue weighted by atomic mass is 32.1. The predicted octanol–water partition coefficient (Wildman–Crippen LogP) is 2.48. The number of thiazole rings is 1. The average Bonchev–Trinajstić information content (AvgIpc) is 3.40. The Balaban J connectivity index is 1.22. The van der Waals surface area contributed by atoms with E-state index in [-0.39, 0.29) is 36.1 Å². The maximum absolute atomic E-state index is 13.2. The van der Waals surface area contributed by atoms with Crippen molar-refractivity contribution in [2.45, 2.75) is 43.5 Å². The van der Waals surface area contributed by atoms with Crippen molar-refractivity contribution in [1.82, 2.24) is 20.4 Å². The molecule has 1 aromatic carbocycles. The Kier molecular flexibility index (Phi) is 5.00. The maximum Gasteiger partial charge on any atom is 0.325 e. The highest BCUT2D eigenvalue weighted by molar-refractivity contribution is 7.16. The summed E-state index contributed by atoms with van der Waals surface area (Å²) in [6, 6.07) is 5.79. The molecule has 2 fully saturated rings. The lowest BCUT2D eigenvalue weighted by Gasteiger charge is -2.43. The van der Waals surface area contributed by atoms with Crippen LogP contribution in [0, 0.1) is 5.82 Å². The number of hydrogen-bond acceptors (Lipinski definition) is 9. The summed E-state index contributed by atoms with van der Waals surface area (Å²) in [5.74, 6) is 0.0607. The van der Waals surface area contributed by atoms with Gasteiger partial charge in [0.1, 0.15) is 5.82 Å². The van der Waals surface area contributed by atoms with Crippen molar-refractivity contribution < 1.29 is 23.6 Å². The minimum absolute atomic E-state index is 0.00878. The fourth-order valence-electron chi connectivity index (χ4n) is 4.49. The van der Waals surface area contributed by atoms with Crippen molar-refractivity contribution in [3.8, 4) is 11.4 Å². The Morgan fingerprint density at radius 1 is 1.21 bits per heavy atom. The molecule has 4 heterocycles. The van der Waals surface area contributed by atoms with Crippen molar-refractivity contribution >= 4 is 28.5 Å². The molecule has 6 rings (SSSR count). The highest BCUT2D eigenvalue weighted by Crippen LogP contribution is 2.43. The zero-order valence-electron chi connectivity index (χ0n) is 17.4. The molecule has 2 aromatic heterocycles. The number of aliphatic hydroxyl groups excluding tert-OH is 1. The first-order chi connectivity index (χ1) is 16.0. The molecule has 1 aliphatic carbocycles. The Morgan fingerprint density at radius 2 is 2.03 bits per heavy atom. The first-order valence-corrected chi connectivity index (χ1v) is 11.6. The lowest BCUT2D eigenvalue weighted by Crippen LogP contribution is -2.51. The van der Waals surface area contributed by atoms with Gasteiger partial charge in [-0.15, -0.1) is 0 Å². The number of amides is 2. The van der Waals surface area contributed by atoms with Gasteiger partial charge in [0.25, 0.3) is 0 Å². The largest absolute Gasteiger partial charge is 0.393 e. The second kappa shape index (κ2) is 8.04. The van der Waals surface area contributed by atoms with E-state index in [0.717, 1.165) is 10.6 Å². The number of nitrogens with zero attached hydrogens (tertiary/aromatic N) is 4. The third-order valence-electron chi connectivity index (χ3n) is 6.18. The summed E-state index contributed by atoms with van der Waals surface area (Å²) >= 11 is 1.40. The van der Waals surface area contributed by atoms with Gasteiger partial charge in [0.05, 0.1) is 42.0 Å². The number of aromatic nitrogens is 3. The van der Waals surface area contributed by atoms with Crippen LogP contribution in [0.4, 0.5) is 20.3 Å². The van der Waals surface area contributed by atoms with Gasteiger partial charge in [0.15, 0.2) is 5.13 Å². The molecule has 2 atom stereocenters. The molecule has 3 N–H and O–H groups in total. The van der Waals surface area contributed by atoms with E-state index in [0.29, 0.717) is 55.0 Å². The van der Waals surface area contributed by atoms with Gasteiger partial charge in [-0.1, -0.05) is 16.5 Å². The molecule has 33 heavy (non-hydrogen) atoms. The SMILES string of the molecule is O=C(Nc1nc2c(s1)[C@@H]1COC[C@H](C2)N1c1nc(-c2ccc(F)cc2)no1)NC1CC(O)C1. The fourth-order valence-corrected chi connectivity index (χ4v) is 5.56. The minimum Gasteiger partial charge on any atom is -0.393 e. The molecule has 1 saturated heterocycles. The number of halogens is 1. The van der Waals surface area contributed by atoms with Crippen LogP contribution >= 0.6 is 11.3 Å². The van der Waals surface area contributed by atoms with E-state index in [4.69, 9.17) is 9.26 Å². The number of anilines is 2. The van der Waals surface area contributed by atoms with Crippen LogP contribution in [-0.4, -0.2) is 57.7 Å². The van der Waals surface area contributed by atoms with Gasteiger partial charge in [0.2, 0.25) is 5.82 Å². The number of ether oxygens (including phenoxy) is 1. The molecule has 2 aliphatic heterocycles. The minimum atomic E-state index is -0.332. The molecule has 10 nitrogen and oxygen atoms in total. The topological polar surface area (TPSA) is 126 Å². The molecule has 0 unspecified atom stereocenters. The number of carbonyl (C=O) groups excluding carboxylic acids is 1. The Labute approximate surface area is 191 Å². The van der Waals surface area contributed by atoms with Crippen LogP contribution in [0.5, 0.6) is 0 Å². The smallest absolute Gasteiger partial charge is 0.325 e. The molecule has 2 amide bonds. The third-order valence-corrected chi connectivity index (χ3v) is 7.30. The Hall–Kier alpha value is -3.09. The van der Waals surface area contributed by atoms with Crippen LogP contribution in [0.15, 0.2) is 28.8 Å². The van der Waals surface area contributed by atoms with Gasteiger partial charge in [-0.3, -0.25) is 5.32 Å². The summed E-state index contributed by atoms with van der Waals surface area (Å²) in [6.07, 6.45) is 1.43. The number of rotatable bonds is 4. The second-order valence-corrected chi connectivity index (χ2v) is 9.51. The molecule has 0 spiro atoms. The molecule has 1 saturated carbocycles. The molecular weight excluding hydrogens is 451 g/mol. The first kappa shape index (κ1) is 20.5. The summed E-state index contributed by atoms with van der Waals surface area (Å²) < 4.78 is 24.6. The Morgan fingerprint density at radius 3 is 2.82 bits per heavy atom. The zero-order valence-corrected chi connectivity index (χ0v) is 18.2. The predicted molar refractivity (Wildman–Crippen MR) is 117 cm³/mol. The summed E-state index contributed by atoms with van der Waals surface area (Å²) in [5, 5.41) is 19.6. The number of aliphatic hydroxyl groups is 1. The number of hydrogen-bond donors (Lipinski definition) is 3.